The molecule has 86 valence electrons. The van der Waals surface area contributed by atoms with Crippen molar-refractivity contribution in [2.24, 2.45) is 5.73 Å². The maximum atomic E-state index is 11.3. The third kappa shape index (κ3) is 1.87. The average molecular weight is 230 g/mol. The van der Waals surface area contributed by atoms with Crippen LogP contribution in [0.15, 0.2) is 30.6 Å². The third-order valence-electron chi connectivity index (χ3n) is 2.32. The van der Waals surface area contributed by atoms with Gasteiger partial charge in [0, 0.05) is 11.1 Å². The van der Waals surface area contributed by atoms with Crippen molar-refractivity contribution in [1.29, 1.82) is 0 Å². The number of benzene rings is 1. The first-order chi connectivity index (χ1) is 8.11. The fourth-order valence-electron chi connectivity index (χ4n) is 1.56. The molecule has 2 rings (SSSR count). The van der Waals surface area contributed by atoms with Gasteiger partial charge >= 0.3 is 0 Å². The summed E-state index contributed by atoms with van der Waals surface area (Å²) in [5.41, 5.74) is 11.8. The number of rotatable bonds is 2. The van der Waals surface area contributed by atoms with Gasteiger partial charge in [-0.2, -0.15) is 0 Å². The van der Waals surface area contributed by atoms with Gasteiger partial charge in [-0.15, -0.1) is 0 Å². The van der Waals surface area contributed by atoms with Gasteiger partial charge in [0.15, 0.2) is 0 Å². The molecule has 0 saturated carbocycles. The van der Waals surface area contributed by atoms with Crippen LogP contribution in [0.5, 0.6) is 5.88 Å². The number of carbonyl (C=O) groups excluding carboxylic acids is 1. The first kappa shape index (κ1) is 10.9. The molecule has 0 aliphatic carbocycles. The molecule has 0 unspecified atom stereocenters. The smallest absolute Gasteiger partial charge is 0.249 e. The molecule has 6 nitrogen and oxygen atoms in total. The van der Waals surface area contributed by atoms with Crippen molar-refractivity contribution in [3.8, 4) is 17.0 Å². The van der Waals surface area contributed by atoms with Crippen molar-refractivity contribution in [1.82, 2.24) is 9.97 Å². The fraction of sp³-hybridized carbons (Fsp3) is 0. The minimum absolute atomic E-state index is 0.0891. The van der Waals surface area contributed by atoms with Crippen molar-refractivity contribution < 1.29 is 9.90 Å². The Morgan fingerprint density at radius 1 is 1.24 bits per heavy atom. The molecule has 1 aromatic carbocycles. The van der Waals surface area contributed by atoms with Gasteiger partial charge in [-0.25, -0.2) is 9.97 Å². The van der Waals surface area contributed by atoms with E-state index >= 15 is 0 Å². The van der Waals surface area contributed by atoms with E-state index in [-0.39, 0.29) is 22.8 Å². The molecule has 0 bridgehead atoms. The molecule has 0 spiro atoms. The van der Waals surface area contributed by atoms with Crippen molar-refractivity contribution in [3.63, 3.8) is 0 Å². The predicted octanol–water partition coefficient (Wildman–Crippen LogP) is 0.530. The summed E-state index contributed by atoms with van der Waals surface area (Å²) in [5.74, 6) is -0.805. The van der Waals surface area contributed by atoms with E-state index < -0.39 is 5.91 Å². The van der Waals surface area contributed by atoms with E-state index in [2.05, 4.69) is 9.97 Å². The number of aromatic nitrogens is 2. The zero-order chi connectivity index (χ0) is 12.4. The number of nitrogen functional groups attached to an aromatic ring is 1. The van der Waals surface area contributed by atoms with Crippen LogP contribution in [-0.2, 0) is 0 Å². The van der Waals surface area contributed by atoms with Crippen molar-refractivity contribution in [3.05, 3.63) is 36.2 Å². The molecule has 1 heterocycles. The first-order valence-corrected chi connectivity index (χ1v) is 4.80. The van der Waals surface area contributed by atoms with Gasteiger partial charge in [0.2, 0.25) is 11.8 Å². The number of carbonyl (C=O) groups is 1. The summed E-state index contributed by atoms with van der Waals surface area (Å²) in [5, 5.41) is 9.67. The lowest BCUT2D eigenvalue weighted by Gasteiger charge is -2.09. The van der Waals surface area contributed by atoms with E-state index in [4.69, 9.17) is 11.5 Å². The van der Waals surface area contributed by atoms with Crippen LogP contribution in [0.3, 0.4) is 0 Å². The van der Waals surface area contributed by atoms with Gasteiger partial charge in [0.05, 0.1) is 5.56 Å². The average Bonchev–Trinajstić information content (AvgIpc) is 2.29. The highest BCUT2D eigenvalue weighted by Crippen LogP contribution is 2.33. The summed E-state index contributed by atoms with van der Waals surface area (Å²) in [4.78, 5) is 18.7. The lowest BCUT2D eigenvalue weighted by Crippen LogP contribution is -2.12. The molecular weight excluding hydrogens is 220 g/mol. The predicted molar refractivity (Wildman–Crippen MR) is 62.1 cm³/mol. The molecule has 0 radical (unpaired) electrons. The van der Waals surface area contributed by atoms with Gasteiger partial charge < -0.3 is 16.6 Å². The summed E-state index contributed by atoms with van der Waals surface area (Å²) in [7, 11) is 0. The van der Waals surface area contributed by atoms with Crippen LogP contribution in [0.2, 0.25) is 0 Å². The molecule has 0 atom stereocenters. The molecule has 0 aliphatic heterocycles. The molecule has 17 heavy (non-hydrogen) atoms. The number of hydrogen-bond donors (Lipinski definition) is 3. The second-order valence-electron chi connectivity index (χ2n) is 3.37. The Kier molecular flexibility index (Phi) is 2.61. The Morgan fingerprint density at radius 2 is 1.94 bits per heavy atom. The van der Waals surface area contributed by atoms with Crippen LogP contribution >= 0.6 is 0 Å². The maximum Gasteiger partial charge on any atom is 0.249 e. The molecule has 5 N–H and O–H groups in total. The van der Waals surface area contributed by atoms with Crippen LogP contribution < -0.4 is 11.5 Å². The van der Waals surface area contributed by atoms with E-state index in [0.717, 1.165) is 6.33 Å². The van der Waals surface area contributed by atoms with Gasteiger partial charge in [-0.05, 0) is 6.07 Å². The first-order valence-electron chi connectivity index (χ1n) is 4.80. The highest BCUT2D eigenvalue weighted by atomic mass is 16.3. The Labute approximate surface area is 96.9 Å². The number of hydrogen-bond acceptors (Lipinski definition) is 5. The second-order valence-corrected chi connectivity index (χ2v) is 3.37. The van der Waals surface area contributed by atoms with Crippen LogP contribution in [0.25, 0.3) is 11.1 Å². The maximum absolute atomic E-state index is 11.3. The summed E-state index contributed by atoms with van der Waals surface area (Å²) in [6.45, 7) is 0. The van der Waals surface area contributed by atoms with E-state index in [0.29, 0.717) is 5.56 Å². The Hall–Kier alpha value is -2.63. The topological polar surface area (TPSA) is 115 Å². The Morgan fingerprint density at radius 3 is 2.59 bits per heavy atom. The minimum Gasteiger partial charge on any atom is -0.493 e. The van der Waals surface area contributed by atoms with Gasteiger partial charge in [-0.1, -0.05) is 18.2 Å². The van der Waals surface area contributed by atoms with Gasteiger partial charge in [0.1, 0.15) is 12.1 Å². The molecule has 0 saturated heterocycles. The summed E-state index contributed by atoms with van der Waals surface area (Å²) >= 11 is 0. The Balaban J connectivity index is 2.73. The van der Waals surface area contributed by atoms with Crippen molar-refractivity contribution in [2.75, 3.05) is 5.73 Å². The van der Waals surface area contributed by atoms with E-state index in [1.54, 1.807) is 24.3 Å². The van der Waals surface area contributed by atoms with Crippen molar-refractivity contribution in [2.45, 2.75) is 0 Å². The summed E-state index contributed by atoms with van der Waals surface area (Å²) < 4.78 is 0. The highest BCUT2D eigenvalue weighted by Gasteiger charge is 2.16. The zero-order valence-electron chi connectivity index (χ0n) is 8.79. The SMILES string of the molecule is NC(=O)c1ccccc1-c1c(N)ncnc1O. The molecular formula is C11H10N4O2. The normalized spacial score (nSPS) is 10.1. The lowest BCUT2D eigenvalue weighted by atomic mass is 10.0. The number of primary amides is 1. The standard InChI is InChI=1S/C11H10N4O2/c12-9-8(11(17)15-5-14-9)6-3-1-2-4-7(6)10(13)16/h1-5H,(H2,13,16)(H3,12,14,15,17). The molecule has 0 aliphatic rings. The monoisotopic (exact) mass is 230 g/mol. The summed E-state index contributed by atoms with van der Waals surface area (Å²) in [6, 6.07) is 6.53. The van der Waals surface area contributed by atoms with Crippen LogP contribution in [0.1, 0.15) is 10.4 Å². The molecule has 1 aromatic heterocycles. The van der Waals surface area contributed by atoms with Crippen LogP contribution in [0.4, 0.5) is 5.82 Å². The number of nitrogens with zero attached hydrogens (tertiary/aromatic N) is 2. The molecule has 6 heteroatoms. The molecule has 0 fully saturated rings. The third-order valence-corrected chi connectivity index (χ3v) is 2.32. The quantitative estimate of drug-likeness (QED) is 0.696. The minimum atomic E-state index is -0.608. The zero-order valence-corrected chi connectivity index (χ0v) is 8.79. The number of amides is 1. The Bertz CT molecular complexity index is 563. The van der Waals surface area contributed by atoms with E-state index in [1.807, 2.05) is 0 Å². The van der Waals surface area contributed by atoms with E-state index in [9.17, 15) is 9.90 Å². The fourth-order valence-corrected chi connectivity index (χ4v) is 1.56. The summed E-state index contributed by atoms with van der Waals surface area (Å²) in [6.07, 6.45) is 1.14. The largest absolute Gasteiger partial charge is 0.493 e. The second kappa shape index (κ2) is 4.09. The molecule has 2 aromatic rings. The van der Waals surface area contributed by atoms with E-state index in [1.165, 1.54) is 0 Å². The van der Waals surface area contributed by atoms with Crippen molar-refractivity contribution >= 4 is 11.7 Å². The van der Waals surface area contributed by atoms with Gasteiger partial charge in [-0.3, -0.25) is 4.79 Å². The van der Waals surface area contributed by atoms with Crippen LogP contribution in [-0.4, -0.2) is 21.0 Å². The molecule has 1 amide bonds. The highest BCUT2D eigenvalue weighted by molar-refractivity contribution is 6.01. The number of anilines is 1. The lowest BCUT2D eigenvalue weighted by molar-refractivity contribution is 0.100. The van der Waals surface area contributed by atoms with Gasteiger partial charge in [0.25, 0.3) is 0 Å². The number of nitrogens with two attached hydrogens (primary N) is 2. The van der Waals surface area contributed by atoms with Crippen LogP contribution in [0, 0.1) is 0 Å². The number of aromatic hydroxyl groups is 1.